The largest absolute Gasteiger partial charge is 0.460 e. The monoisotopic (exact) mass is 675 g/mol. The lowest BCUT2D eigenvalue weighted by Crippen LogP contribution is -2.66. The van der Waals surface area contributed by atoms with E-state index in [1.54, 1.807) is 36.1 Å². The van der Waals surface area contributed by atoms with E-state index < -0.39 is 71.6 Å². The Bertz CT molecular complexity index is 1240. The van der Waals surface area contributed by atoms with Gasteiger partial charge in [0.2, 0.25) is 0 Å². The van der Waals surface area contributed by atoms with Crippen LogP contribution in [0.4, 0.5) is 84.7 Å². The average Bonchev–Trinajstić information content (AvgIpc) is 2.86. The van der Waals surface area contributed by atoms with Crippen molar-refractivity contribution in [3.63, 3.8) is 0 Å². The van der Waals surface area contributed by atoms with Crippen molar-refractivity contribution in [3.05, 3.63) is 59.9 Å². The highest BCUT2D eigenvalue weighted by Crippen LogP contribution is 2.55. The standard InChI is InChI=1S/C24H17F18N2/c1-43-10-8-15(9-11-43)3-2-14-4-6-16(7-5-14)44(12-17(25,26)19(29,30)21(33,34)23(37,38)39)13-18(27,28)20(31,32)22(35,36)24(40,41)42/h2-11H,12-13H2,1H3/q+1. The fourth-order valence-corrected chi connectivity index (χ4v) is 3.34. The molecule has 0 aliphatic heterocycles. The summed E-state index contributed by atoms with van der Waals surface area (Å²) in [6.07, 6.45) is -8.97. The molecule has 0 aliphatic carbocycles. The van der Waals surface area contributed by atoms with Gasteiger partial charge in [0.25, 0.3) is 0 Å². The molecule has 0 saturated carbocycles. The van der Waals surface area contributed by atoms with Crippen LogP contribution in [0.15, 0.2) is 48.8 Å². The van der Waals surface area contributed by atoms with E-state index in [2.05, 4.69) is 0 Å². The van der Waals surface area contributed by atoms with E-state index in [0.717, 1.165) is 12.1 Å². The van der Waals surface area contributed by atoms with Crippen molar-refractivity contribution in [1.29, 1.82) is 0 Å². The molecule has 0 N–H and O–H groups in total. The number of anilines is 1. The summed E-state index contributed by atoms with van der Waals surface area (Å²) in [6.45, 7) is -6.82. The van der Waals surface area contributed by atoms with Gasteiger partial charge in [-0.1, -0.05) is 24.3 Å². The summed E-state index contributed by atoms with van der Waals surface area (Å²) in [7, 11) is 1.66. The van der Waals surface area contributed by atoms with E-state index in [0.29, 0.717) is 17.7 Å². The van der Waals surface area contributed by atoms with Crippen LogP contribution in [-0.2, 0) is 7.05 Å². The van der Waals surface area contributed by atoms with Crippen LogP contribution < -0.4 is 9.47 Å². The van der Waals surface area contributed by atoms with E-state index >= 15 is 0 Å². The van der Waals surface area contributed by atoms with Gasteiger partial charge in [0.1, 0.15) is 7.05 Å². The molecule has 0 amide bonds. The molecule has 0 atom stereocenters. The molecule has 44 heavy (non-hydrogen) atoms. The van der Waals surface area contributed by atoms with Gasteiger partial charge in [-0.05, 0) is 23.3 Å². The molecule has 0 fully saturated rings. The van der Waals surface area contributed by atoms with E-state index in [1.807, 2.05) is 0 Å². The van der Waals surface area contributed by atoms with Crippen molar-refractivity contribution in [2.24, 2.45) is 7.05 Å². The lowest BCUT2D eigenvalue weighted by Gasteiger charge is -2.40. The molecule has 0 aliphatic rings. The first-order chi connectivity index (χ1) is 19.5. The Labute approximate surface area is 235 Å². The summed E-state index contributed by atoms with van der Waals surface area (Å²) >= 11 is 0. The van der Waals surface area contributed by atoms with Crippen molar-refractivity contribution in [2.45, 2.75) is 47.9 Å². The van der Waals surface area contributed by atoms with E-state index in [4.69, 9.17) is 0 Å². The van der Waals surface area contributed by atoms with Gasteiger partial charge in [0.15, 0.2) is 12.4 Å². The molecule has 20 heteroatoms. The number of aromatic nitrogens is 1. The molecule has 0 bridgehead atoms. The normalized spacial score (nSPS) is 14.8. The summed E-state index contributed by atoms with van der Waals surface area (Å²) in [4.78, 5) is -1.15. The summed E-state index contributed by atoms with van der Waals surface area (Å²) in [5, 5.41) is 0. The molecule has 0 spiro atoms. The molecule has 0 unspecified atom stereocenters. The maximum absolute atomic E-state index is 14.3. The Hall–Kier alpha value is -3.35. The number of aryl methyl sites for hydroxylation is 1. The molecule has 1 heterocycles. The van der Waals surface area contributed by atoms with Crippen LogP contribution in [0.5, 0.6) is 0 Å². The van der Waals surface area contributed by atoms with Gasteiger partial charge < -0.3 is 4.90 Å². The minimum atomic E-state index is -7.56. The number of pyridine rings is 1. The Balaban J connectivity index is 2.59. The highest BCUT2D eigenvalue weighted by atomic mass is 19.4. The van der Waals surface area contributed by atoms with Crippen LogP contribution in [0.1, 0.15) is 11.1 Å². The second-order valence-electron chi connectivity index (χ2n) is 9.28. The maximum Gasteiger partial charge on any atom is 0.460 e. The van der Waals surface area contributed by atoms with Gasteiger partial charge in [0, 0.05) is 17.8 Å². The van der Waals surface area contributed by atoms with E-state index in [9.17, 15) is 79.0 Å². The van der Waals surface area contributed by atoms with Crippen LogP contribution >= 0.6 is 0 Å². The van der Waals surface area contributed by atoms with Gasteiger partial charge in [-0.15, -0.1) is 0 Å². The van der Waals surface area contributed by atoms with Crippen LogP contribution in [0.25, 0.3) is 12.2 Å². The number of hydrogen-bond acceptors (Lipinski definition) is 1. The third-order valence-electron chi connectivity index (χ3n) is 5.93. The smallest absolute Gasteiger partial charge is 0.359 e. The first kappa shape index (κ1) is 36.8. The highest BCUT2D eigenvalue weighted by Gasteiger charge is 2.83. The van der Waals surface area contributed by atoms with Crippen molar-refractivity contribution >= 4 is 17.8 Å². The Morgan fingerprint density at radius 1 is 0.500 bits per heavy atom. The zero-order chi connectivity index (χ0) is 34.4. The number of alkyl halides is 18. The zero-order valence-electron chi connectivity index (χ0n) is 21.4. The van der Waals surface area contributed by atoms with Crippen LogP contribution in [0.2, 0.25) is 0 Å². The zero-order valence-corrected chi connectivity index (χ0v) is 21.4. The second-order valence-corrected chi connectivity index (χ2v) is 9.28. The van der Waals surface area contributed by atoms with Gasteiger partial charge >= 0.3 is 47.9 Å². The van der Waals surface area contributed by atoms with Crippen molar-refractivity contribution < 1.29 is 83.6 Å². The molecular weight excluding hydrogens is 658 g/mol. The molecule has 0 radical (unpaired) electrons. The highest BCUT2D eigenvalue weighted by molar-refractivity contribution is 5.70. The molecule has 2 aromatic rings. The Morgan fingerprint density at radius 2 is 0.818 bits per heavy atom. The Morgan fingerprint density at radius 3 is 1.14 bits per heavy atom. The molecule has 0 saturated heterocycles. The van der Waals surface area contributed by atoms with Crippen molar-refractivity contribution in [2.75, 3.05) is 18.0 Å². The second kappa shape index (κ2) is 11.5. The van der Waals surface area contributed by atoms with Crippen LogP contribution in [-0.4, -0.2) is 61.0 Å². The number of halogens is 18. The number of rotatable bonds is 11. The number of hydrogen-bond donors (Lipinski definition) is 0. The predicted octanol–water partition coefficient (Wildman–Crippen LogP) is 8.42. The molecule has 1 aromatic carbocycles. The lowest BCUT2D eigenvalue weighted by atomic mass is 10.0. The molecule has 2 rings (SSSR count). The number of benzene rings is 1. The van der Waals surface area contributed by atoms with Gasteiger partial charge in [-0.3, -0.25) is 0 Å². The molecule has 1 aromatic heterocycles. The minimum Gasteiger partial charge on any atom is -0.359 e. The van der Waals surface area contributed by atoms with Crippen LogP contribution in [0, 0.1) is 0 Å². The fourth-order valence-electron chi connectivity index (χ4n) is 3.34. The summed E-state index contributed by atoms with van der Waals surface area (Å²) in [5.41, 5.74) is -0.831. The third kappa shape index (κ3) is 6.82. The molecule has 2 nitrogen and oxygen atoms in total. The quantitative estimate of drug-likeness (QED) is 0.172. The summed E-state index contributed by atoms with van der Waals surface area (Å²) in [5.74, 6) is -43.6. The fraction of sp³-hybridized carbons (Fsp3) is 0.458. The predicted molar refractivity (Wildman–Crippen MR) is 117 cm³/mol. The third-order valence-corrected chi connectivity index (χ3v) is 5.93. The molecular formula is C24H17F18N2+. The van der Waals surface area contributed by atoms with Crippen molar-refractivity contribution in [3.8, 4) is 0 Å². The van der Waals surface area contributed by atoms with Crippen molar-refractivity contribution in [1.82, 2.24) is 0 Å². The summed E-state index contributed by atoms with van der Waals surface area (Å²) in [6, 6.07) is 5.40. The van der Waals surface area contributed by atoms with Gasteiger partial charge in [-0.2, -0.15) is 79.0 Å². The molecule has 248 valence electrons. The first-order valence-electron chi connectivity index (χ1n) is 11.4. The van der Waals surface area contributed by atoms with E-state index in [1.165, 1.54) is 12.2 Å². The maximum atomic E-state index is 14.3. The van der Waals surface area contributed by atoms with Gasteiger partial charge in [0.05, 0.1) is 13.1 Å². The average molecular weight is 675 g/mol. The first-order valence-corrected chi connectivity index (χ1v) is 11.4. The Kier molecular flexibility index (Phi) is 9.66. The SMILES string of the molecule is C[n+]1ccc(C=Cc2ccc(N(CC(F)(F)C(F)(F)C(F)(F)C(F)(F)F)CC(F)(F)C(F)(F)C(F)(F)C(F)(F)F)cc2)cc1. The van der Waals surface area contributed by atoms with Gasteiger partial charge in [-0.25, -0.2) is 4.57 Å². The topological polar surface area (TPSA) is 7.12 Å². The number of nitrogens with zero attached hydrogens (tertiary/aromatic N) is 2. The summed E-state index contributed by atoms with van der Waals surface area (Å²) < 4.78 is 242. The van der Waals surface area contributed by atoms with E-state index in [-0.39, 0.29) is 5.56 Å². The van der Waals surface area contributed by atoms with Crippen LogP contribution in [0.3, 0.4) is 0 Å². The minimum absolute atomic E-state index is 0.0170. The lowest BCUT2D eigenvalue weighted by molar-refractivity contribution is -0.671.